The molecule has 6 heterocycles. The van der Waals surface area contributed by atoms with Crippen molar-refractivity contribution in [3.63, 3.8) is 0 Å². The number of fused-ring (bicyclic) bond motifs is 5. The van der Waals surface area contributed by atoms with Crippen LogP contribution in [-0.4, -0.2) is 50.8 Å². The number of hydrogen-bond donors (Lipinski definition) is 2. The lowest BCUT2D eigenvalue weighted by molar-refractivity contribution is 0.0776. The Bertz CT molecular complexity index is 2430. The first-order valence-electron chi connectivity index (χ1n) is 16.6. The maximum atomic E-state index is 15.6. The number of rotatable bonds is 8. The number of carbonyl (C=O) groups excluding carboxylic acids is 1. The van der Waals surface area contributed by atoms with E-state index in [1.54, 1.807) is 24.4 Å². The van der Waals surface area contributed by atoms with E-state index < -0.39 is 23.8 Å². The number of aromatic amines is 1. The Labute approximate surface area is 292 Å². The summed E-state index contributed by atoms with van der Waals surface area (Å²) in [4.78, 5) is 38.7. The van der Waals surface area contributed by atoms with E-state index in [1.165, 1.54) is 36.6 Å². The van der Waals surface area contributed by atoms with Gasteiger partial charge >= 0.3 is 5.76 Å². The number of nitrogens with one attached hydrogen (secondary N) is 2. The number of aromatic nitrogens is 4. The first-order valence-corrected chi connectivity index (χ1v) is 17.4. The standard InChI is InChI=1S/C37H29F3N6O4S/c1-49-32-21-16-23(40)30(20(21)9-10-22(32)39)43-34-33-18(12-13-41-34)15-26(51-33)28-27(35-44-45-37(48)50-35)24(11-6-17-4-7-19(38)8-5-17)42-31-25-3-2-14-46(25)36(47)29(28)31/h4-5,7-10,12-13,15,23,25,30H,2-3,6,11,14,16H2,1H3,(H,41,43)(H,45,48)/t23-,25-,30-/m0/s1. The number of amides is 1. The number of hydrogen-bond acceptors (Lipinski definition) is 9. The Morgan fingerprint density at radius 2 is 1.92 bits per heavy atom. The molecule has 2 aliphatic heterocycles. The lowest BCUT2D eigenvalue weighted by atomic mass is 9.93. The van der Waals surface area contributed by atoms with Gasteiger partial charge in [0.1, 0.15) is 17.8 Å². The van der Waals surface area contributed by atoms with Crippen molar-refractivity contribution in [1.29, 1.82) is 0 Å². The molecule has 4 aromatic heterocycles. The summed E-state index contributed by atoms with van der Waals surface area (Å²) < 4.78 is 55.3. The van der Waals surface area contributed by atoms with Crippen LogP contribution in [0.15, 0.2) is 63.9 Å². The molecule has 10 nitrogen and oxygen atoms in total. The van der Waals surface area contributed by atoms with Gasteiger partial charge in [-0.15, -0.1) is 16.4 Å². The van der Waals surface area contributed by atoms with Crippen LogP contribution in [0.4, 0.5) is 19.0 Å². The number of alkyl halides is 1. The summed E-state index contributed by atoms with van der Waals surface area (Å²) in [5.41, 5.74) is 4.61. The molecule has 0 saturated carbocycles. The summed E-state index contributed by atoms with van der Waals surface area (Å²) >= 11 is 1.36. The molecular formula is C37H29F3N6O4S. The molecule has 1 aliphatic carbocycles. The van der Waals surface area contributed by atoms with Crippen LogP contribution in [0.5, 0.6) is 5.75 Å². The van der Waals surface area contributed by atoms with E-state index in [4.69, 9.17) is 14.1 Å². The number of nitrogens with zero attached hydrogens (tertiary/aromatic N) is 4. The molecule has 3 aliphatic rings. The van der Waals surface area contributed by atoms with Gasteiger partial charge in [0.25, 0.3) is 11.8 Å². The van der Waals surface area contributed by atoms with Gasteiger partial charge in [0.15, 0.2) is 11.6 Å². The summed E-state index contributed by atoms with van der Waals surface area (Å²) in [5, 5.41) is 10.6. The third kappa shape index (κ3) is 5.10. The van der Waals surface area contributed by atoms with Gasteiger partial charge in [0.05, 0.1) is 46.4 Å². The summed E-state index contributed by atoms with van der Waals surface area (Å²) in [5.74, 6) is -1.34. The zero-order valence-corrected chi connectivity index (χ0v) is 28.0. The van der Waals surface area contributed by atoms with Crippen LogP contribution in [0, 0.1) is 11.6 Å². The molecule has 51 heavy (non-hydrogen) atoms. The second-order valence-electron chi connectivity index (χ2n) is 12.9. The van der Waals surface area contributed by atoms with Crippen LogP contribution in [0.25, 0.3) is 32.0 Å². The molecule has 9 rings (SSSR count). The number of H-pyrrole nitrogens is 1. The van der Waals surface area contributed by atoms with Crippen molar-refractivity contribution in [3.05, 3.63) is 111 Å². The summed E-state index contributed by atoms with van der Waals surface area (Å²) in [6.07, 6.45) is 2.76. The zero-order chi connectivity index (χ0) is 35.0. The molecule has 0 unspecified atom stereocenters. The van der Waals surface area contributed by atoms with E-state index in [0.29, 0.717) is 74.0 Å². The van der Waals surface area contributed by atoms with Gasteiger partial charge in [-0.05, 0) is 72.5 Å². The quantitative estimate of drug-likeness (QED) is 0.171. The van der Waals surface area contributed by atoms with Crippen LogP contribution < -0.4 is 15.8 Å². The molecule has 2 N–H and O–H groups in total. The van der Waals surface area contributed by atoms with Gasteiger partial charge in [-0.25, -0.2) is 28.0 Å². The van der Waals surface area contributed by atoms with Crippen molar-refractivity contribution in [1.82, 2.24) is 25.1 Å². The maximum Gasteiger partial charge on any atom is 0.434 e. The summed E-state index contributed by atoms with van der Waals surface area (Å²) in [6, 6.07) is 11.9. The fraction of sp³-hybridized carbons (Fsp3) is 0.270. The topological polar surface area (TPSA) is 126 Å². The molecule has 1 amide bonds. The molecule has 3 atom stereocenters. The monoisotopic (exact) mass is 710 g/mol. The van der Waals surface area contributed by atoms with Gasteiger partial charge in [-0.2, -0.15) is 0 Å². The van der Waals surface area contributed by atoms with E-state index in [2.05, 4.69) is 20.5 Å². The average molecular weight is 711 g/mol. The Kier molecular flexibility index (Phi) is 7.45. The Morgan fingerprint density at radius 1 is 1.08 bits per heavy atom. The largest absolute Gasteiger partial charge is 0.493 e. The third-order valence-corrected chi connectivity index (χ3v) is 11.3. The van der Waals surface area contributed by atoms with Gasteiger partial charge < -0.3 is 19.4 Å². The molecule has 6 aromatic rings. The number of methoxy groups -OCH3 is 1. The van der Waals surface area contributed by atoms with Crippen LogP contribution >= 0.6 is 11.3 Å². The molecule has 1 fully saturated rings. The second-order valence-corrected chi connectivity index (χ2v) is 14.0. The van der Waals surface area contributed by atoms with E-state index in [9.17, 15) is 18.4 Å². The molecule has 0 bridgehead atoms. The highest BCUT2D eigenvalue weighted by atomic mass is 32.1. The molecule has 14 heteroatoms. The lowest BCUT2D eigenvalue weighted by Gasteiger charge is -2.18. The Hall–Kier alpha value is -5.50. The van der Waals surface area contributed by atoms with Gasteiger partial charge in [-0.3, -0.25) is 9.78 Å². The molecular weight excluding hydrogens is 682 g/mol. The van der Waals surface area contributed by atoms with E-state index in [0.717, 1.165) is 23.8 Å². The number of benzene rings is 2. The van der Waals surface area contributed by atoms with Crippen molar-refractivity contribution in [3.8, 4) is 27.6 Å². The molecule has 2 aromatic carbocycles. The van der Waals surface area contributed by atoms with Crippen molar-refractivity contribution in [2.24, 2.45) is 0 Å². The number of halogens is 3. The highest BCUT2D eigenvalue weighted by Gasteiger charge is 2.45. The zero-order valence-electron chi connectivity index (χ0n) is 27.1. The van der Waals surface area contributed by atoms with Crippen LogP contribution in [0.2, 0.25) is 0 Å². The Morgan fingerprint density at radius 3 is 2.71 bits per heavy atom. The van der Waals surface area contributed by atoms with Crippen molar-refractivity contribution >= 4 is 33.1 Å². The normalized spacial score (nSPS) is 19.1. The van der Waals surface area contributed by atoms with Crippen LogP contribution in [0.1, 0.15) is 63.4 Å². The fourth-order valence-electron chi connectivity index (χ4n) is 7.81. The minimum absolute atomic E-state index is 0.00258. The third-order valence-electron chi connectivity index (χ3n) is 10.1. The first kappa shape index (κ1) is 31.5. The number of pyridine rings is 2. The molecule has 0 radical (unpaired) electrons. The number of ether oxygens (including phenoxy) is 1. The molecule has 258 valence electrons. The maximum absolute atomic E-state index is 15.6. The second kappa shape index (κ2) is 12.1. The predicted molar refractivity (Wildman–Crippen MR) is 184 cm³/mol. The van der Waals surface area contributed by atoms with E-state index in [1.807, 2.05) is 17.0 Å². The summed E-state index contributed by atoms with van der Waals surface area (Å²) in [6.45, 7) is 0.601. The van der Waals surface area contributed by atoms with Crippen LogP contribution in [0.3, 0.4) is 0 Å². The van der Waals surface area contributed by atoms with Gasteiger partial charge in [-0.1, -0.05) is 18.2 Å². The summed E-state index contributed by atoms with van der Waals surface area (Å²) in [7, 11) is 1.36. The number of thiophene rings is 1. The highest BCUT2D eigenvalue weighted by Crippen LogP contribution is 2.51. The average Bonchev–Trinajstić information content (AvgIpc) is 3.96. The minimum Gasteiger partial charge on any atom is -0.493 e. The van der Waals surface area contributed by atoms with Gasteiger partial charge in [0, 0.05) is 35.2 Å². The van der Waals surface area contributed by atoms with Crippen molar-refractivity contribution < 1.29 is 27.1 Å². The molecule has 0 spiro atoms. The van der Waals surface area contributed by atoms with Crippen LogP contribution in [-0.2, 0) is 19.3 Å². The van der Waals surface area contributed by atoms with Gasteiger partial charge in [0.2, 0.25) is 0 Å². The first-order chi connectivity index (χ1) is 24.8. The SMILES string of the molecule is COc1c(F)ccc2c1C[C@H](F)[C@H]2Nc1nccc2cc(-c3c4c(nc(CCc5ccc(F)cc5)c3-c3n[nH]c(=O)o3)[C@@H]3CCCN3C4=O)sc12. The number of carbonyl (C=O) groups is 1. The smallest absolute Gasteiger partial charge is 0.434 e. The number of aryl methyl sites for hydroxylation is 2. The van der Waals surface area contributed by atoms with E-state index in [-0.39, 0.29) is 35.8 Å². The molecule has 1 saturated heterocycles. The van der Waals surface area contributed by atoms with E-state index >= 15 is 4.39 Å². The number of anilines is 1. The fourth-order valence-corrected chi connectivity index (χ4v) is 8.97. The Balaban J connectivity index is 1.20. The van der Waals surface area contributed by atoms with Crippen molar-refractivity contribution in [2.75, 3.05) is 19.0 Å². The highest BCUT2D eigenvalue weighted by molar-refractivity contribution is 7.23. The lowest BCUT2D eigenvalue weighted by Crippen LogP contribution is -2.22. The minimum atomic E-state index is -1.36. The predicted octanol–water partition coefficient (Wildman–Crippen LogP) is 7.11. The van der Waals surface area contributed by atoms with Crippen molar-refractivity contribution in [2.45, 2.75) is 50.4 Å².